The van der Waals surface area contributed by atoms with Gasteiger partial charge in [-0.25, -0.2) is 4.57 Å². The van der Waals surface area contributed by atoms with E-state index in [0.29, 0.717) is 6.42 Å². The van der Waals surface area contributed by atoms with Crippen molar-refractivity contribution in [2.75, 3.05) is 20.4 Å². The van der Waals surface area contributed by atoms with Gasteiger partial charge in [-0.2, -0.15) is 0 Å². The molecule has 0 saturated heterocycles. The molecule has 0 fully saturated rings. The SMILES string of the molecule is CN(CC(=O)O)C(N)=NP(=O)(O)OCOC(=O)CCc1ccccc1. The summed E-state index contributed by atoms with van der Waals surface area (Å²) < 4.78 is 24.1. The van der Waals surface area contributed by atoms with Gasteiger partial charge in [0.05, 0.1) is 0 Å². The second kappa shape index (κ2) is 9.77. The van der Waals surface area contributed by atoms with Gasteiger partial charge >= 0.3 is 19.7 Å². The van der Waals surface area contributed by atoms with Crippen LogP contribution in [0.1, 0.15) is 12.0 Å². The first-order valence-corrected chi connectivity index (χ1v) is 8.68. The van der Waals surface area contributed by atoms with Crippen LogP contribution in [0.25, 0.3) is 0 Å². The zero-order chi connectivity index (χ0) is 18.9. The molecule has 1 atom stereocenters. The number of aryl methyl sites for hydroxylation is 1. The van der Waals surface area contributed by atoms with Crippen molar-refractivity contribution in [3.63, 3.8) is 0 Å². The average molecular weight is 373 g/mol. The molecule has 0 heterocycles. The molecule has 0 aromatic heterocycles. The number of carboxylic acid groups (broad SMARTS) is 1. The van der Waals surface area contributed by atoms with Crippen molar-refractivity contribution in [2.45, 2.75) is 12.8 Å². The first-order valence-electron chi connectivity index (χ1n) is 7.15. The quantitative estimate of drug-likeness (QED) is 0.185. The van der Waals surface area contributed by atoms with Crippen molar-refractivity contribution < 1.29 is 33.4 Å². The zero-order valence-electron chi connectivity index (χ0n) is 13.6. The maximum Gasteiger partial charge on any atom is 0.457 e. The molecule has 0 amide bonds. The van der Waals surface area contributed by atoms with E-state index in [1.54, 1.807) is 0 Å². The van der Waals surface area contributed by atoms with E-state index in [0.717, 1.165) is 10.5 Å². The summed E-state index contributed by atoms with van der Waals surface area (Å²) in [4.78, 5) is 32.5. The van der Waals surface area contributed by atoms with Gasteiger partial charge in [-0.15, -0.1) is 4.76 Å². The molecule has 10 nitrogen and oxygen atoms in total. The second-order valence-corrected chi connectivity index (χ2v) is 6.39. The largest absolute Gasteiger partial charge is 0.480 e. The number of ether oxygens (including phenoxy) is 1. The molecule has 1 aromatic carbocycles. The molecule has 138 valence electrons. The standard InChI is InChI=1S/C14H20N3O7P/c1-17(9-12(18)19)14(15)16-25(21,22)24-10-23-13(20)8-7-11-5-3-2-4-6-11/h2-6H,7-10H2,1H3,(H,18,19)(H3,15,16,21,22). The third kappa shape index (κ3) is 8.85. The van der Waals surface area contributed by atoms with Crippen LogP contribution in [0.5, 0.6) is 0 Å². The number of likely N-dealkylation sites (N-methyl/N-ethyl adjacent to an activating group) is 1. The highest BCUT2D eigenvalue weighted by atomic mass is 31.2. The number of nitrogens with zero attached hydrogens (tertiary/aromatic N) is 2. The lowest BCUT2D eigenvalue weighted by Crippen LogP contribution is -2.37. The Balaban J connectivity index is 2.38. The molecule has 0 saturated carbocycles. The third-order valence-corrected chi connectivity index (χ3v) is 3.79. The van der Waals surface area contributed by atoms with Crippen molar-refractivity contribution in [1.29, 1.82) is 0 Å². The number of hydrogen-bond donors (Lipinski definition) is 3. The Hall–Kier alpha value is -2.42. The van der Waals surface area contributed by atoms with Gasteiger partial charge in [0.15, 0.2) is 0 Å². The lowest BCUT2D eigenvalue weighted by atomic mass is 10.1. The van der Waals surface area contributed by atoms with E-state index in [1.165, 1.54) is 7.05 Å². The van der Waals surface area contributed by atoms with E-state index >= 15 is 0 Å². The lowest BCUT2D eigenvalue weighted by Gasteiger charge is -2.16. The summed E-state index contributed by atoms with van der Waals surface area (Å²) in [6, 6.07) is 9.26. The van der Waals surface area contributed by atoms with Crippen molar-refractivity contribution >= 4 is 25.6 Å². The van der Waals surface area contributed by atoms with E-state index < -0.39 is 39.0 Å². The number of esters is 1. The number of carbonyl (C=O) groups excluding carboxylic acids is 1. The number of carboxylic acids is 1. The zero-order valence-corrected chi connectivity index (χ0v) is 14.5. The molecular weight excluding hydrogens is 353 g/mol. The monoisotopic (exact) mass is 373 g/mol. The van der Waals surface area contributed by atoms with E-state index in [9.17, 15) is 19.0 Å². The van der Waals surface area contributed by atoms with Gasteiger partial charge in [0.2, 0.25) is 12.8 Å². The third-order valence-electron chi connectivity index (χ3n) is 2.89. The minimum atomic E-state index is -4.53. The Morgan fingerprint density at radius 3 is 2.56 bits per heavy atom. The van der Waals surface area contributed by atoms with Crippen LogP contribution in [0.15, 0.2) is 35.1 Å². The molecule has 1 rings (SSSR count). The van der Waals surface area contributed by atoms with Crippen molar-refractivity contribution in [2.24, 2.45) is 10.5 Å². The van der Waals surface area contributed by atoms with Crippen LogP contribution in [0.4, 0.5) is 0 Å². The Morgan fingerprint density at radius 1 is 1.32 bits per heavy atom. The molecule has 0 aliphatic heterocycles. The molecule has 4 N–H and O–H groups in total. The van der Waals surface area contributed by atoms with E-state index in [4.69, 9.17) is 15.6 Å². The predicted molar refractivity (Wildman–Crippen MR) is 88.5 cm³/mol. The van der Waals surface area contributed by atoms with Crippen LogP contribution in [-0.2, 0) is 29.8 Å². The molecule has 25 heavy (non-hydrogen) atoms. The fraction of sp³-hybridized carbons (Fsp3) is 0.357. The molecule has 1 aromatic rings. The van der Waals surface area contributed by atoms with Crippen LogP contribution in [0, 0.1) is 0 Å². The highest BCUT2D eigenvalue weighted by Crippen LogP contribution is 2.43. The number of hydrogen-bond acceptors (Lipinski definition) is 5. The van der Waals surface area contributed by atoms with E-state index in [1.807, 2.05) is 30.3 Å². The molecule has 0 aliphatic carbocycles. The number of nitrogens with two attached hydrogens (primary N) is 1. The van der Waals surface area contributed by atoms with Gasteiger partial charge < -0.3 is 25.4 Å². The van der Waals surface area contributed by atoms with Crippen molar-refractivity contribution in [1.82, 2.24) is 4.90 Å². The molecule has 0 bridgehead atoms. The maximum absolute atomic E-state index is 11.7. The molecule has 0 aliphatic rings. The normalized spacial score (nSPS) is 13.8. The fourth-order valence-electron chi connectivity index (χ4n) is 1.64. The number of rotatable bonds is 9. The average Bonchev–Trinajstić information content (AvgIpc) is 2.52. The minimum absolute atomic E-state index is 0.0792. The summed E-state index contributed by atoms with van der Waals surface area (Å²) in [5.41, 5.74) is 6.34. The van der Waals surface area contributed by atoms with Gasteiger partial charge in [-0.05, 0) is 12.0 Å². The molecule has 0 spiro atoms. The predicted octanol–water partition coefficient (Wildman–Crippen LogP) is 0.568. The van der Waals surface area contributed by atoms with Gasteiger partial charge in [-0.1, -0.05) is 30.3 Å². The second-order valence-electron chi connectivity index (χ2n) is 4.95. The lowest BCUT2D eigenvalue weighted by molar-refractivity contribution is -0.150. The number of benzene rings is 1. The van der Waals surface area contributed by atoms with E-state index in [-0.39, 0.29) is 6.42 Å². The minimum Gasteiger partial charge on any atom is -0.480 e. The summed E-state index contributed by atoms with van der Waals surface area (Å²) in [7, 11) is -3.25. The topological polar surface area (TPSA) is 152 Å². The summed E-state index contributed by atoms with van der Waals surface area (Å²) in [6.45, 7) is -1.29. The van der Waals surface area contributed by atoms with Gasteiger partial charge in [0.1, 0.15) is 6.54 Å². The Morgan fingerprint density at radius 2 is 1.96 bits per heavy atom. The summed E-state index contributed by atoms with van der Waals surface area (Å²) in [6.07, 6.45) is 0.539. The summed E-state index contributed by atoms with van der Waals surface area (Å²) in [5.74, 6) is -2.30. The molecule has 11 heteroatoms. The van der Waals surface area contributed by atoms with Crippen LogP contribution in [-0.4, -0.2) is 53.2 Å². The first-order chi connectivity index (χ1) is 11.7. The van der Waals surface area contributed by atoms with Crippen molar-refractivity contribution in [3.8, 4) is 0 Å². The Bertz CT molecular complexity index is 666. The van der Waals surface area contributed by atoms with Crippen LogP contribution in [0.2, 0.25) is 0 Å². The number of carbonyl (C=O) groups is 2. The fourth-order valence-corrected chi connectivity index (χ4v) is 2.30. The Labute approximate surface area is 144 Å². The molecule has 1 unspecified atom stereocenters. The Kier molecular flexibility index (Phi) is 8.06. The number of aliphatic carboxylic acids is 1. The maximum atomic E-state index is 11.7. The van der Waals surface area contributed by atoms with Crippen LogP contribution in [0.3, 0.4) is 0 Å². The highest BCUT2D eigenvalue weighted by Gasteiger charge is 2.21. The first kappa shape index (κ1) is 20.6. The summed E-state index contributed by atoms with van der Waals surface area (Å²) >= 11 is 0. The molecular formula is C14H20N3O7P. The van der Waals surface area contributed by atoms with Crippen LogP contribution < -0.4 is 5.73 Å². The smallest absolute Gasteiger partial charge is 0.457 e. The van der Waals surface area contributed by atoms with Gasteiger partial charge in [-0.3, -0.25) is 14.1 Å². The van der Waals surface area contributed by atoms with Crippen LogP contribution >= 0.6 is 7.75 Å². The van der Waals surface area contributed by atoms with Gasteiger partial charge in [0, 0.05) is 13.5 Å². The number of guanidine groups is 1. The van der Waals surface area contributed by atoms with Crippen molar-refractivity contribution in [3.05, 3.63) is 35.9 Å². The van der Waals surface area contributed by atoms with Gasteiger partial charge in [0.25, 0.3) is 0 Å². The summed E-state index contributed by atoms with van der Waals surface area (Å²) in [5, 5.41) is 8.59. The molecule has 0 radical (unpaired) electrons. The van der Waals surface area contributed by atoms with E-state index in [2.05, 4.69) is 9.29 Å². The highest BCUT2D eigenvalue weighted by molar-refractivity contribution is 7.51.